The largest absolute Gasteiger partial charge is 0.481 e. The van der Waals surface area contributed by atoms with Gasteiger partial charge in [0, 0.05) is 31.9 Å². The molecule has 7 nitrogen and oxygen atoms in total. The molecule has 2 aromatic rings. The van der Waals surface area contributed by atoms with Crippen LogP contribution in [0.15, 0.2) is 12.5 Å². The van der Waals surface area contributed by atoms with Gasteiger partial charge in [0.25, 0.3) is 0 Å². The molecule has 0 amide bonds. The van der Waals surface area contributed by atoms with Crippen molar-refractivity contribution in [3.8, 4) is 5.88 Å². The van der Waals surface area contributed by atoms with Gasteiger partial charge in [0.1, 0.15) is 12.1 Å². The third-order valence-electron chi connectivity index (χ3n) is 2.92. The molecule has 2 aromatic heterocycles. The summed E-state index contributed by atoms with van der Waals surface area (Å²) < 4.78 is 44.7. The molecule has 120 valence electrons. The minimum Gasteiger partial charge on any atom is -0.481 e. The van der Waals surface area contributed by atoms with Gasteiger partial charge in [0.2, 0.25) is 5.88 Å². The SMILES string of the molecule is COc1ncnc(N)c1CNCc1cn(C)nc1C(F)(F)F. The second-order valence-electron chi connectivity index (χ2n) is 4.52. The van der Waals surface area contributed by atoms with Crippen molar-refractivity contribution in [2.75, 3.05) is 12.8 Å². The number of anilines is 1. The number of aromatic nitrogens is 4. The van der Waals surface area contributed by atoms with Crippen LogP contribution < -0.4 is 15.8 Å². The van der Waals surface area contributed by atoms with Crippen molar-refractivity contribution in [3.05, 3.63) is 29.3 Å². The average Bonchev–Trinajstić information content (AvgIpc) is 2.81. The molecule has 22 heavy (non-hydrogen) atoms. The van der Waals surface area contributed by atoms with Crippen LogP contribution in [0.2, 0.25) is 0 Å². The van der Waals surface area contributed by atoms with Gasteiger partial charge in [-0.05, 0) is 0 Å². The molecule has 0 fully saturated rings. The number of nitrogens with one attached hydrogen (secondary N) is 1. The van der Waals surface area contributed by atoms with E-state index in [-0.39, 0.29) is 30.4 Å². The Kier molecular flexibility index (Phi) is 4.50. The van der Waals surface area contributed by atoms with Crippen LogP contribution in [0, 0.1) is 0 Å². The number of halogens is 3. The Morgan fingerprint density at radius 2 is 2.05 bits per heavy atom. The lowest BCUT2D eigenvalue weighted by atomic mass is 10.2. The quantitative estimate of drug-likeness (QED) is 0.859. The Hall–Kier alpha value is -2.36. The van der Waals surface area contributed by atoms with Gasteiger partial charge < -0.3 is 15.8 Å². The highest BCUT2D eigenvalue weighted by Gasteiger charge is 2.36. The maximum absolute atomic E-state index is 12.8. The van der Waals surface area contributed by atoms with Crippen LogP contribution >= 0.6 is 0 Å². The van der Waals surface area contributed by atoms with Crippen LogP contribution in [0.3, 0.4) is 0 Å². The molecule has 10 heteroatoms. The minimum absolute atomic E-state index is 0.0276. The zero-order chi connectivity index (χ0) is 16.3. The summed E-state index contributed by atoms with van der Waals surface area (Å²) in [4.78, 5) is 7.72. The molecule has 0 saturated carbocycles. The molecule has 2 heterocycles. The average molecular weight is 316 g/mol. The Morgan fingerprint density at radius 1 is 1.32 bits per heavy atom. The van der Waals surface area contributed by atoms with Crippen molar-refractivity contribution in [2.45, 2.75) is 19.3 Å². The maximum atomic E-state index is 12.8. The van der Waals surface area contributed by atoms with E-state index in [1.807, 2.05) is 0 Å². The normalized spacial score (nSPS) is 11.7. The van der Waals surface area contributed by atoms with Crippen LogP contribution in [0.1, 0.15) is 16.8 Å². The molecule has 0 aromatic carbocycles. The fraction of sp³-hybridized carbons (Fsp3) is 0.417. The monoisotopic (exact) mass is 316 g/mol. The number of aryl methyl sites for hydroxylation is 1. The van der Waals surface area contributed by atoms with Crippen LogP contribution in [-0.4, -0.2) is 26.9 Å². The zero-order valence-corrected chi connectivity index (χ0v) is 12.0. The molecule has 2 rings (SSSR count). The summed E-state index contributed by atoms with van der Waals surface area (Å²) in [5, 5.41) is 6.30. The Labute approximate surface area is 124 Å². The molecule has 0 radical (unpaired) electrons. The lowest BCUT2D eigenvalue weighted by Crippen LogP contribution is -2.18. The van der Waals surface area contributed by atoms with E-state index in [0.29, 0.717) is 5.56 Å². The standard InChI is InChI=1S/C12H15F3N6O/c1-21-5-7(9(20-21)12(13,14)15)3-17-4-8-10(16)18-6-19-11(8)22-2/h5-6,17H,3-4H2,1-2H3,(H2,16,18,19). The van der Waals surface area contributed by atoms with E-state index >= 15 is 0 Å². The summed E-state index contributed by atoms with van der Waals surface area (Å²) in [5.74, 6) is 0.490. The molecule has 0 aliphatic carbocycles. The van der Waals surface area contributed by atoms with Crippen molar-refractivity contribution in [3.63, 3.8) is 0 Å². The number of ether oxygens (including phenoxy) is 1. The number of nitrogen functional groups attached to an aromatic ring is 1. The number of nitrogens with zero attached hydrogens (tertiary/aromatic N) is 4. The number of hydrogen-bond acceptors (Lipinski definition) is 6. The number of alkyl halides is 3. The Bertz CT molecular complexity index is 655. The molecular formula is C12H15F3N6O. The lowest BCUT2D eigenvalue weighted by Gasteiger charge is -2.10. The van der Waals surface area contributed by atoms with Crippen LogP contribution in [-0.2, 0) is 26.3 Å². The summed E-state index contributed by atoms with van der Waals surface area (Å²) in [7, 11) is 2.86. The van der Waals surface area contributed by atoms with E-state index in [1.165, 1.54) is 26.7 Å². The van der Waals surface area contributed by atoms with Gasteiger partial charge in [-0.25, -0.2) is 9.97 Å². The highest BCUT2D eigenvalue weighted by atomic mass is 19.4. The Morgan fingerprint density at radius 3 is 2.68 bits per heavy atom. The highest BCUT2D eigenvalue weighted by molar-refractivity contribution is 5.44. The van der Waals surface area contributed by atoms with E-state index in [0.717, 1.165) is 4.68 Å². The van der Waals surface area contributed by atoms with Gasteiger partial charge in [-0.15, -0.1) is 0 Å². The molecule has 0 atom stereocenters. The van der Waals surface area contributed by atoms with E-state index in [1.54, 1.807) is 0 Å². The minimum atomic E-state index is -4.50. The highest BCUT2D eigenvalue weighted by Crippen LogP contribution is 2.30. The fourth-order valence-electron chi connectivity index (χ4n) is 1.98. The first kappa shape index (κ1) is 16.0. The van der Waals surface area contributed by atoms with Crippen LogP contribution in [0.4, 0.5) is 19.0 Å². The topological polar surface area (TPSA) is 90.9 Å². The zero-order valence-electron chi connectivity index (χ0n) is 12.0. The first-order valence-corrected chi connectivity index (χ1v) is 6.26. The van der Waals surface area contributed by atoms with E-state index in [4.69, 9.17) is 10.5 Å². The molecule has 0 spiro atoms. The third kappa shape index (κ3) is 3.45. The molecule has 0 aliphatic heterocycles. The maximum Gasteiger partial charge on any atom is 0.435 e. The van der Waals surface area contributed by atoms with Crippen LogP contribution in [0.25, 0.3) is 0 Å². The third-order valence-corrected chi connectivity index (χ3v) is 2.92. The molecule has 0 bridgehead atoms. The smallest absolute Gasteiger partial charge is 0.435 e. The van der Waals surface area contributed by atoms with Gasteiger partial charge in [-0.3, -0.25) is 4.68 Å². The van der Waals surface area contributed by atoms with Crippen molar-refractivity contribution < 1.29 is 17.9 Å². The molecule has 0 aliphatic rings. The van der Waals surface area contributed by atoms with Crippen LogP contribution in [0.5, 0.6) is 5.88 Å². The van der Waals surface area contributed by atoms with Crippen molar-refractivity contribution in [1.82, 2.24) is 25.1 Å². The van der Waals surface area contributed by atoms with E-state index in [9.17, 15) is 13.2 Å². The van der Waals surface area contributed by atoms with Gasteiger partial charge >= 0.3 is 6.18 Å². The number of rotatable bonds is 5. The van der Waals surface area contributed by atoms with E-state index < -0.39 is 11.9 Å². The predicted molar refractivity (Wildman–Crippen MR) is 71.8 cm³/mol. The molecule has 3 N–H and O–H groups in total. The molecule has 0 saturated heterocycles. The van der Waals surface area contributed by atoms with E-state index in [2.05, 4.69) is 20.4 Å². The van der Waals surface area contributed by atoms with Gasteiger partial charge in [0.05, 0.1) is 12.7 Å². The van der Waals surface area contributed by atoms with Crippen molar-refractivity contribution in [2.24, 2.45) is 7.05 Å². The predicted octanol–water partition coefficient (Wildman–Crippen LogP) is 1.11. The summed E-state index contributed by atoms with van der Waals surface area (Å²) in [6.07, 6.45) is -1.93. The van der Waals surface area contributed by atoms with Gasteiger partial charge in [-0.1, -0.05) is 0 Å². The molecule has 0 unspecified atom stereocenters. The van der Waals surface area contributed by atoms with Crippen molar-refractivity contribution in [1.29, 1.82) is 0 Å². The van der Waals surface area contributed by atoms with Gasteiger partial charge in [0.15, 0.2) is 5.69 Å². The Balaban J connectivity index is 2.10. The summed E-state index contributed by atoms with van der Waals surface area (Å²) in [6, 6.07) is 0. The van der Waals surface area contributed by atoms with Gasteiger partial charge in [-0.2, -0.15) is 18.3 Å². The first-order chi connectivity index (χ1) is 10.3. The number of nitrogens with two attached hydrogens (primary N) is 1. The summed E-state index contributed by atoms with van der Waals surface area (Å²) in [5.41, 5.74) is 5.34. The summed E-state index contributed by atoms with van der Waals surface area (Å²) in [6.45, 7) is 0.141. The van der Waals surface area contributed by atoms with Crippen molar-refractivity contribution >= 4 is 5.82 Å². The first-order valence-electron chi connectivity index (χ1n) is 6.26. The second kappa shape index (κ2) is 6.18. The summed E-state index contributed by atoms with van der Waals surface area (Å²) >= 11 is 0. The number of hydrogen-bond donors (Lipinski definition) is 2. The second-order valence-corrected chi connectivity index (χ2v) is 4.52. The number of methoxy groups -OCH3 is 1. The molecular weight excluding hydrogens is 301 g/mol. The lowest BCUT2D eigenvalue weighted by molar-refractivity contribution is -0.142. The fourth-order valence-corrected chi connectivity index (χ4v) is 1.98.